The minimum Gasteiger partial charge on any atom is -0.317 e. The maximum absolute atomic E-state index is 4.59. The van der Waals surface area contributed by atoms with Crippen LogP contribution in [0, 0.1) is 0 Å². The van der Waals surface area contributed by atoms with Gasteiger partial charge in [-0.25, -0.2) is 0 Å². The summed E-state index contributed by atoms with van der Waals surface area (Å²) >= 11 is 0. The number of hydrogen-bond acceptors (Lipinski definition) is 5. The summed E-state index contributed by atoms with van der Waals surface area (Å²) in [5.41, 5.74) is 1.29. The van der Waals surface area contributed by atoms with Crippen molar-refractivity contribution in [3.63, 3.8) is 0 Å². The molecule has 140 valence electrons. The van der Waals surface area contributed by atoms with Crippen LogP contribution in [-0.4, -0.2) is 55.7 Å². The van der Waals surface area contributed by atoms with Crippen molar-refractivity contribution in [3.8, 4) is 0 Å². The molecule has 0 aromatic carbocycles. The van der Waals surface area contributed by atoms with Crippen LogP contribution in [0.5, 0.6) is 0 Å². The molecule has 0 saturated carbocycles. The van der Waals surface area contributed by atoms with E-state index in [0.29, 0.717) is 5.92 Å². The van der Waals surface area contributed by atoms with Gasteiger partial charge in [-0.2, -0.15) is 0 Å². The van der Waals surface area contributed by atoms with Crippen molar-refractivity contribution in [1.29, 1.82) is 0 Å². The summed E-state index contributed by atoms with van der Waals surface area (Å²) in [6.45, 7) is 6.53. The highest BCUT2D eigenvalue weighted by Gasteiger charge is 2.26. The topological polar surface area (TPSA) is 50.1 Å². The lowest BCUT2D eigenvalue weighted by molar-refractivity contribution is 0.194. The molecule has 1 unspecified atom stereocenters. The standard InChI is InChI=1S/C20H30N6/c1-24-19(16-25-10-3-2-4-11-25)22-23-20(24)18-8-6-12-26(15-18)14-17-7-5-9-21-13-17/h5,7,9,13,18H,2-4,6,8,10-12,14-16H2,1H3. The van der Waals surface area contributed by atoms with Crippen LogP contribution < -0.4 is 0 Å². The molecule has 0 bridgehead atoms. The van der Waals surface area contributed by atoms with E-state index in [4.69, 9.17) is 0 Å². The van der Waals surface area contributed by atoms with Gasteiger partial charge in [-0.3, -0.25) is 14.8 Å². The van der Waals surface area contributed by atoms with Gasteiger partial charge in [0.2, 0.25) is 0 Å². The van der Waals surface area contributed by atoms with Crippen LogP contribution in [0.4, 0.5) is 0 Å². The van der Waals surface area contributed by atoms with Crippen LogP contribution in [0.1, 0.15) is 55.2 Å². The zero-order valence-electron chi connectivity index (χ0n) is 15.8. The van der Waals surface area contributed by atoms with Gasteiger partial charge in [0.25, 0.3) is 0 Å². The van der Waals surface area contributed by atoms with Crippen LogP contribution in [0.3, 0.4) is 0 Å². The predicted octanol–water partition coefficient (Wildman–Crippen LogP) is 2.58. The highest BCUT2D eigenvalue weighted by atomic mass is 15.3. The third kappa shape index (κ3) is 4.13. The van der Waals surface area contributed by atoms with Crippen molar-refractivity contribution < 1.29 is 0 Å². The summed E-state index contributed by atoms with van der Waals surface area (Å²) < 4.78 is 2.26. The number of hydrogen-bond donors (Lipinski definition) is 0. The van der Waals surface area contributed by atoms with Crippen LogP contribution in [0.2, 0.25) is 0 Å². The number of aromatic nitrogens is 4. The lowest BCUT2D eigenvalue weighted by Crippen LogP contribution is -2.35. The predicted molar refractivity (Wildman–Crippen MR) is 102 cm³/mol. The van der Waals surface area contributed by atoms with Crippen molar-refractivity contribution in [2.24, 2.45) is 7.05 Å². The van der Waals surface area contributed by atoms with E-state index in [1.165, 1.54) is 50.8 Å². The minimum absolute atomic E-state index is 0.480. The molecule has 2 aromatic heterocycles. The van der Waals surface area contributed by atoms with E-state index in [9.17, 15) is 0 Å². The Morgan fingerprint density at radius 1 is 1.00 bits per heavy atom. The van der Waals surface area contributed by atoms with E-state index in [1.807, 2.05) is 18.5 Å². The lowest BCUT2D eigenvalue weighted by Gasteiger charge is -2.32. The van der Waals surface area contributed by atoms with Crippen LogP contribution >= 0.6 is 0 Å². The van der Waals surface area contributed by atoms with Crippen molar-refractivity contribution in [3.05, 3.63) is 41.7 Å². The number of piperidine rings is 2. The van der Waals surface area contributed by atoms with Gasteiger partial charge in [-0.05, 0) is 56.9 Å². The van der Waals surface area contributed by atoms with Gasteiger partial charge in [0.05, 0.1) is 6.54 Å². The van der Waals surface area contributed by atoms with E-state index < -0.39 is 0 Å². The molecular weight excluding hydrogens is 324 g/mol. The average molecular weight is 355 g/mol. The number of likely N-dealkylation sites (tertiary alicyclic amines) is 2. The second kappa shape index (κ2) is 8.27. The van der Waals surface area contributed by atoms with Crippen molar-refractivity contribution in [1.82, 2.24) is 29.5 Å². The Morgan fingerprint density at radius 3 is 2.65 bits per heavy atom. The maximum Gasteiger partial charge on any atom is 0.146 e. The van der Waals surface area contributed by atoms with Gasteiger partial charge in [-0.15, -0.1) is 10.2 Å². The van der Waals surface area contributed by atoms with E-state index in [0.717, 1.165) is 37.8 Å². The third-order valence-corrected chi connectivity index (χ3v) is 5.81. The maximum atomic E-state index is 4.59. The lowest BCUT2D eigenvalue weighted by atomic mass is 9.97. The van der Waals surface area contributed by atoms with Crippen LogP contribution in [0.25, 0.3) is 0 Å². The molecule has 4 rings (SSSR count). The molecule has 0 spiro atoms. The number of rotatable bonds is 5. The van der Waals surface area contributed by atoms with E-state index >= 15 is 0 Å². The highest BCUT2D eigenvalue weighted by molar-refractivity contribution is 5.09. The summed E-state index contributed by atoms with van der Waals surface area (Å²) in [7, 11) is 2.15. The molecule has 1 atom stereocenters. The van der Waals surface area contributed by atoms with E-state index in [1.54, 1.807) is 0 Å². The molecule has 2 saturated heterocycles. The normalized spacial score (nSPS) is 22.6. The van der Waals surface area contributed by atoms with Crippen LogP contribution in [-0.2, 0) is 20.1 Å². The fraction of sp³-hybridized carbons (Fsp3) is 0.650. The highest BCUT2D eigenvalue weighted by Crippen LogP contribution is 2.27. The fourth-order valence-corrected chi connectivity index (χ4v) is 4.35. The summed E-state index contributed by atoms with van der Waals surface area (Å²) in [6.07, 6.45) is 10.2. The average Bonchev–Trinajstić information content (AvgIpc) is 3.04. The quantitative estimate of drug-likeness (QED) is 0.826. The summed E-state index contributed by atoms with van der Waals surface area (Å²) in [6, 6.07) is 4.18. The van der Waals surface area contributed by atoms with Crippen LogP contribution in [0.15, 0.2) is 24.5 Å². The Kier molecular flexibility index (Phi) is 5.60. The molecule has 2 fully saturated rings. The molecule has 26 heavy (non-hydrogen) atoms. The Labute approximate surface area is 156 Å². The van der Waals surface area contributed by atoms with Gasteiger partial charge >= 0.3 is 0 Å². The summed E-state index contributed by atoms with van der Waals surface area (Å²) in [5.74, 6) is 2.76. The first-order chi connectivity index (χ1) is 12.8. The Hall–Kier alpha value is -1.79. The molecule has 0 radical (unpaired) electrons. The number of pyridine rings is 1. The first-order valence-electron chi connectivity index (χ1n) is 10.0. The molecule has 0 amide bonds. The summed E-state index contributed by atoms with van der Waals surface area (Å²) in [4.78, 5) is 9.30. The fourth-order valence-electron chi connectivity index (χ4n) is 4.35. The Balaban J connectivity index is 1.40. The monoisotopic (exact) mass is 354 g/mol. The third-order valence-electron chi connectivity index (χ3n) is 5.81. The second-order valence-electron chi connectivity index (χ2n) is 7.81. The molecule has 4 heterocycles. The molecular formula is C20H30N6. The molecule has 2 aliphatic heterocycles. The smallest absolute Gasteiger partial charge is 0.146 e. The molecule has 0 aliphatic carbocycles. The van der Waals surface area contributed by atoms with Crippen molar-refractivity contribution in [2.75, 3.05) is 26.2 Å². The molecule has 6 nitrogen and oxygen atoms in total. The van der Waals surface area contributed by atoms with Crippen molar-refractivity contribution >= 4 is 0 Å². The zero-order chi connectivity index (χ0) is 17.8. The van der Waals surface area contributed by atoms with E-state index in [-0.39, 0.29) is 0 Å². The SMILES string of the molecule is Cn1c(CN2CCCCC2)nnc1C1CCCN(Cc2cccnc2)C1. The molecule has 6 heteroatoms. The zero-order valence-corrected chi connectivity index (χ0v) is 15.8. The molecule has 2 aliphatic rings. The van der Waals surface area contributed by atoms with Gasteiger partial charge < -0.3 is 4.57 Å². The Morgan fingerprint density at radius 2 is 1.85 bits per heavy atom. The van der Waals surface area contributed by atoms with Gasteiger partial charge in [-0.1, -0.05) is 12.5 Å². The van der Waals surface area contributed by atoms with Gasteiger partial charge in [0.15, 0.2) is 0 Å². The minimum atomic E-state index is 0.480. The van der Waals surface area contributed by atoms with Crippen molar-refractivity contribution in [2.45, 2.75) is 51.1 Å². The largest absolute Gasteiger partial charge is 0.317 e. The van der Waals surface area contributed by atoms with Gasteiger partial charge in [0, 0.05) is 38.4 Å². The first-order valence-corrected chi connectivity index (χ1v) is 10.0. The summed E-state index contributed by atoms with van der Waals surface area (Å²) in [5, 5.41) is 9.13. The second-order valence-corrected chi connectivity index (χ2v) is 7.81. The first kappa shape index (κ1) is 17.6. The van der Waals surface area contributed by atoms with E-state index in [2.05, 4.69) is 42.7 Å². The molecule has 2 aromatic rings. The number of nitrogens with zero attached hydrogens (tertiary/aromatic N) is 6. The molecule has 0 N–H and O–H groups in total. The Bertz CT molecular complexity index is 692. The van der Waals surface area contributed by atoms with Gasteiger partial charge in [0.1, 0.15) is 11.6 Å².